The van der Waals surface area contributed by atoms with Gasteiger partial charge >= 0.3 is 6.18 Å². The molecule has 5 rings (SSSR count). The Labute approximate surface area is 195 Å². The fourth-order valence-electron chi connectivity index (χ4n) is 4.39. The van der Waals surface area contributed by atoms with Crippen LogP contribution in [0.1, 0.15) is 32.6 Å². The Morgan fingerprint density at radius 1 is 1.14 bits per heavy atom. The highest BCUT2D eigenvalue weighted by Crippen LogP contribution is 2.46. The lowest BCUT2D eigenvalue weighted by molar-refractivity contribution is -0.242. The van der Waals surface area contributed by atoms with Crippen molar-refractivity contribution < 1.29 is 33.0 Å². The average Bonchev–Trinajstić information content (AvgIpc) is 3.28. The summed E-state index contributed by atoms with van der Waals surface area (Å²) in [5.41, 5.74) is -1.86. The van der Waals surface area contributed by atoms with E-state index in [1.165, 1.54) is 43.3 Å². The number of nitrogens with one attached hydrogen (secondary N) is 2. The predicted molar refractivity (Wildman–Crippen MR) is 118 cm³/mol. The Kier molecular flexibility index (Phi) is 4.85. The number of fused-ring (bicyclic) bond motifs is 2. The van der Waals surface area contributed by atoms with Crippen LogP contribution in [-0.4, -0.2) is 27.1 Å². The normalized spacial score (nSPS) is 17.6. The first-order valence-electron chi connectivity index (χ1n) is 10.3. The summed E-state index contributed by atoms with van der Waals surface area (Å²) in [6.45, 7) is 1.47. The van der Waals surface area contributed by atoms with E-state index in [-0.39, 0.29) is 33.9 Å². The molecule has 3 aromatic carbocycles. The van der Waals surface area contributed by atoms with Gasteiger partial charge in [0.2, 0.25) is 5.95 Å². The van der Waals surface area contributed by atoms with Crippen molar-refractivity contribution in [3.63, 3.8) is 0 Å². The first-order valence-corrected chi connectivity index (χ1v) is 10.3. The zero-order valence-corrected chi connectivity index (χ0v) is 18.0. The summed E-state index contributed by atoms with van der Waals surface area (Å²) in [6, 6.07) is 13.8. The summed E-state index contributed by atoms with van der Waals surface area (Å²) in [4.78, 5) is 32.0. The number of carboxylic acid groups (broad SMARTS) is 1. The van der Waals surface area contributed by atoms with Gasteiger partial charge in [0.25, 0.3) is 5.91 Å². The van der Waals surface area contributed by atoms with Gasteiger partial charge in [-0.2, -0.15) is 13.2 Å². The number of aryl methyl sites for hydroxylation is 1. The first-order chi connectivity index (χ1) is 16.5. The van der Waals surface area contributed by atoms with Crippen LogP contribution in [0.3, 0.4) is 0 Å². The van der Waals surface area contributed by atoms with Crippen molar-refractivity contribution >= 4 is 34.7 Å². The Morgan fingerprint density at radius 3 is 2.60 bits per heavy atom. The number of rotatable bonds is 3. The van der Waals surface area contributed by atoms with Gasteiger partial charge < -0.3 is 25.3 Å². The molecule has 2 amide bonds. The van der Waals surface area contributed by atoms with E-state index in [0.29, 0.717) is 11.0 Å². The van der Waals surface area contributed by atoms with Gasteiger partial charge in [-0.25, -0.2) is 4.98 Å². The molecule has 0 saturated heterocycles. The van der Waals surface area contributed by atoms with Crippen molar-refractivity contribution in [3.8, 4) is 0 Å². The molecule has 2 heterocycles. The number of aliphatic hydroxyl groups is 1. The van der Waals surface area contributed by atoms with Crippen LogP contribution in [0.25, 0.3) is 11.0 Å². The molecule has 1 aliphatic heterocycles. The van der Waals surface area contributed by atoms with Crippen LogP contribution < -0.4 is 15.3 Å². The zero-order chi connectivity index (χ0) is 25.1. The average molecular weight is 481 g/mol. The molecule has 11 heteroatoms. The molecule has 35 heavy (non-hydrogen) atoms. The number of carbonyl (C=O) groups is 2. The summed E-state index contributed by atoms with van der Waals surface area (Å²) < 4.78 is 40.6. The lowest BCUT2D eigenvalue weighted by atomic mass is 9.93. The molecule has 0 aliphatic carbocycles. The molecular weight excluding hydrogens is 465 g/mol. The topological polar surface area (TPSA) is 121 Å². The second-order valence-electron chi connectivity index (χ2n) is 8.14. The number of imidazole rings is 1. The molecule has 1 aliphatic rings. The molecule has 0 radical (unpaired) electrons. The maximum Gasteiger partial charge on any atom is 0.416 e. The minimum absolute atomic E-state index is 0.114. The van der Waals surface area contributed by atoms with Gasteiger partial charge in [-0.05, 0) is 48.9 Å². The van der Waals surface area contributed by atoms with E-state index >= 15 is 0 Å². The molecule has 178 valence electrons. The number of carbonyl (C=O) groups excluding carboxylic acids is 2. The third-order valence-electron chi connectivity index (χ3n) is 5.81. The number of halogens is 3. The van der Waals surface area contributed by atoms with Gasteiger partial charge in [-0.3, -0.25) is 9.69 Å². The maximum absolute atomic E-state index is 13.5. The van der Waals surface area contributed by atoms with Crippen molar-refractivity contribution in [1.29, 1.82) is 0 Å². The Morgan fingerprint density at radius 2 is 1.89 bits per heavy atom. The van der Waals surface area contributed by atoms with Gasteiger partial charge in [0, 0.05) is 22.4 Å². The molecule has 0 saturated carbocycles. The highest BCUT2D eigenvalue weighted by molar-refractivity contribution is 6.12. The third-order valence-corrected chi connectivity index (χ3v) is 5.81. The van der Waals surface area contributed by atoms with Gasteiger partial charge in [0.05, 0.1) is 16.6 Å². The van der Waals surface area contributed by atoms with E-state index in [2.05, 4.69) is 9.97 Å². The maximum atomic E-state index is 13.5. The quantitative estimate of drug-likeness (QED) is 0.414. The fourth-order valence-corrected chi connectivity index (χ4v) is 4.39. The second kappa shape index (κ2) is 7.57. The number of aromatic amines is 1. The summed E-state index contributed by atoms with van der Waals surface area (Å²) in [5.74, 6) is -0.789. The molecule has 0 fully saturated rings. The predicted octanol–water partition coefficient (Wildman–Crippen LogP) is 3.50. The van der Waals surface area contributed by atoms with Crippen molar-refractivity contribution in [2.75, 3.05) is 10.2 Å². The number of nitrogens with zero attached hydrogens (tertiary/aromatic N) is 2. The van der Waals surface area contributed by atoms with Gasteiger partial charge in [0.15, 0.2) is 5.72 Å². The van der Waals surface area contributed by atoms with Crippen molar-refractivity contribution in [3.05, 3.63) is 88.5 Å². The number of benzene rings is 3. The standard InChI is InChI=1S/C24H17F3N4O4/c1-12-8-14(24(25,26)27)10-15(9-12)31-20(32)16-4-2-3-5-17(16)23(31,35)13-6-7-18-19(11-13)29-21(28-18)30-22(33)34/h2-11,35H,1H3,(H,33,34)(H2,28,29,30)/p-1. The van der Waals surface area contributed by atoms with E-state index in [1.54, 1.807) is 12.1 Å². The van der Waals surface area contributed by atoms with Crippen LogP contribution >= 0.6 is 0 Å². The minimum atomic E-state index is -4.66. The SMILES string of the molecule is Cc1cc(N2C(=O)c3ccccc3C2(O)c2ccc3nc(NC(=O)[O-])[nH]c3c2)cc(C(F)(F)F)c1. The van der Waals surface area contributed by atoms with E-state index in [9.17, 15) is 33.0 Å². The summed E-state index contributed by atoms with van der Waals surface area (Å²) >= 11 is 0. The van der Waals surface area contributed by atoms with Gasteiger partial charge in [-0.1, -0.05) is 24.3 Å². The molecular formula is C24H16F3N4O4-. The molecule has 3 N–H and O–H groups in total. The van der Waals surface area contributed by atoms with Crippen LogP contribution in [0, 0.1) is 6.92 Å². The minimum Gasteiger partial charge on any atom is -0.530 e. The number of hydrogen-bond acceptors (Lipinski definition) is 5. The lowest BCUT2D eigenvalue weighted by Gasteiger charge is -2.35. The smallest absolute Gasteiger partial charge is 0.416 e. The van der Waals surface area contributed by atoms with Crippen LogP contribution in [0.15, 0.2) is 60.7 Å². The molecule has 1 atom stereocenters. The Bertz CT molecular complexity index is 1510. The molecule has 4 aromatic rings. The lowest BCUT2D eigenvalue weighted by Crippen LogP contribution is -2.45. The van der Waals surface area contributed by atoms with E-state index in [0.717, 1.165) is 17.0 Å². The largest absolute Gasteiger partial charge is 0.530 e. The number of aromatic nitrogens is 2. The van der Waals surface area contributed by atoms with Crippen LogP contribution in [-0.2, 0) is 11.9 Å². The van der Waals surface area contributed by atoms with Gasteiger partial charge in [0.1, 0.15) is 6.09 Å². The second-order valence-corrected chi connectivity index (χ2v) is 8.14. The number of alkyl halides is 3. The Balaban J connectivity index is 1.72. The summed E-state index contributed by atoms with van der Waals surface area (Å²) in [6.07, 6.45) is -6.24. The summed E-state index contributed by atoms with van der Waals surface area (Å²) in [7, 11) is 0. The van der Waals surface area contributed by atoms with Crippen molar-refractivity contribution in [1.82, 2.24) is 9.97 Å². The summed E-state index contributed by atoms with van der Waals surface area (Å²) in [5, 5.41) is 24.9. The molecule has 8 nitrogen and oxygen atoms in total. The molecule has 0 bridgehead atoms. The van der Waals surface area contributed by atoms with E-state index in [1.807, 2.05) is 5.32 Å². The van der Waals surface area contributed by atoms with E-state index in [4.69, 9.17) is 0 Å². The fraction of sp³-hybridized carbons (Fsp3) is 0.125. The van der Waals surface area contributed by atoms with Crippen molar-refractivity contribution in [2.24, 2.45) is 0 Å². The zero-order valence-electron chi connectivity index (χ0n) is 18.0. The molecule has 0 spiro atoms. The Hall–Kier alpha value is -4.38. The van der Waals surface area contributed by atoms with Gasteiger partial charge in [-0.15, -0.1) is 0 Å². The van der Waals surface area contributed by atoms with Crippen molar-refractivity contribution in [2.45, 2.75) is 18.8 Å². The van der Waals surface area contributed by atoms with Crippen LogP contribution in [0.2, 0.25) is 0 Å². The third kappa shape index (κ3) is 3.56. The van der Waals surface area contributed by atoms with Crippen LogP contribution in [0.5, 0.6) is 0 Å². The first kappa shape index (κ1) is 22.4. The number of anilines is 2. The highest BCUT2D eigenvalue weighted by Gasteiger charge is 2.51. The number of hydrogen-bond donors (Lipinski definition) is 3. The monoisotopic (exact) mass is 481 g/mol. The number of H-pyrrole nitrogens is 1. The molecule has 1 unspecified atom stereocenters. The highest BCUT2D eigenvalue weighted by atomic mass is 19.4. The van der Waals surface area contributed by atoms with Crippen LogP contribution in [0.4, 0.5) is 29.6 Å². The molecule has 1 aromatic heterocycles. The van der Waals surface area contributed by atoms with E-state index < -0.39 is 29.5 Å². The number of amides is 2.